The molecule has 2 aliphatic rings. The summed E-state index contributed by atoms with van der Waals surface area (Å²) < 4.78 is 15.5. The van der Waals surface area contributed by atoms with Gasteiger partial charge in [0, 0.05) is 29.6 Å². The van der Waals surface area contributed by atoms with E-state index in [1.807, 2.05) is 0 Å². The Bertz CT molecular complexity index is 1110. The van der Waals surface area contributed by atoms with Gasteiger partial charge in [-0.2, -0.15) is 4.98 Å². The summed E-state index contributed by atoms with van der Waals surface area (Å²) in [5.74, 6) is 1.19. The van der Waals surface area contributed by atoms with Crippen molar-refractivity contribution in [2.75, 3.05) is 0 Å². The van der Waals surface area contributed by atoms with Crippen LogP contribution in [0.4, 0.5) is 4.39 Å². The number of halogens is 1. The predicted molar refractivity (Wildman–Crippen MR) is 139 cm³/mol. The Hall–Kier alpha value is -2.61. The van der Waals surface area contributed by atoms with E-state index in [2.05, 4.69) is 45.7 Å². The zero-order valence-electron chi connectivity index (χ0n) is 20.7. The molecule has 0 amide bonds. The smallest absolute Gasteiger partial charge is 0.277 e. The first-order valence-electron chi connectivity index (χ1n) is 12.8. The van der Waals surface area contributed by atoms with Crippen molar-refractivity contribution in [1.29, 1.82) is 0 Å². The molecule has 0 bridgehead atoms. The van der Waals surface area contributed by atoms with Crippen LogP contribution in [0.5, 0.6) is 0 Å². The topological polar surface area (TPSA) is 59.7 Å². The fraction of sp³-hybridized carbons (Fsp3) is 0.519. The van der Waals surface area contributed by atoms with Gasteiger partial charge in [-0.3, -0.25) is 9.69 Å². The standard InChI is InChI=1S/C27H35FN4O2S/c1-3-5-7-8-17-31-24(30-34-25(31)12-6-4-2)18-32-23-11-9-10-22(23)26(33)29-27(32)35-19-20-13-15-21(28)16-14-20/h8,13-17,25H,3-7,9-12,18-19H2,1-2H3. The SMILES string of the molecule is CCCCC=CN1C(Cn2c(SCc3ccc(F)cc3)nc(=O)c3c2CCC3)=NOC1CCCC. The number of fused-ring (bicyclic) bond motifs is 1. The largest absolute Gasteiger partial charge is 0.368 e. The van der Waals surface area contributed by atoms with E-state index in [0.717, 1.165) is 80.4 Å². The molecular formula is C27H35FN4O2S. The molecule has 0 radical (unpaired) electrons. The van der Waals surface area contributed by atoms with Gasteiger partial charge in [0.1, 0.15) is 5.82 Å². The molecule has 8 heteroatoms. The van der Waals surface area contributed by atoms with Crippen molar-refractivity contribution < 1.29 is 9.23 Å². The number of aromatic nitrogens is 2. The average molecular weight is 499 g/mol. The molecule has 0 saturated carbocycles. The van der Waals surface area contributed by atoms with E-state index < -0.39 is 0 Å². The second-order valence-corrected chi connectivity index (χ2v) is 10.1. The highest BCUT2D eigenvalue weighted by atomic mass is 32.2. The summed E-state index contributed by atoms with van der Waals surface area (Å²) in [5, 5.41) is 5.15. The van der Waals surface area contributed by atoms with E-state index in [-0.39, 0.29) is 17.6 Å². The number of amidine groups is 1. The van der Waals surface area contributed by atoms with Crippen molar-refractivity contribution >= 4 is 17.6 Å². The van der Waals surface area contributed by atoms with Crippen LogP contribution in [0, 0.1) is 5.82 Å². The molecule has 1 unspecified atom stereocenters. The van der Waals surface area contributed by atoms with Crippen molar-refractivity contribution in [2.45, 2.75) is 95.3 Å². The quantitative estimate of drug-likeness (QED) is 0.203. The molecule has 0 N–H and O–H groups in total. The number of hydrogen-bond donors (Lipinski definition) is 0. The van der Waals surface area contributed by atoms with E-state index in [1.54, 1.807) is 12.1 Å². The van der Waals surface area contributed by atoms with Crippen LogP contribution in [-0.4, -0.2) is 26.5 Å². The summed E-state index contributed by atoms with van der Waals surface area (Å²) in [6.45, 7) is 4.87. The molecule has 2 aromatic rings. The van der Waals surface area contributed by atoms with Crippen LogP contribution < -0.4 is 5.56 Å². The molecule has 2 heterocycles. The predicted octanol–water partition coefficient (Wildman–Crippen LogP) is 6.03. The van der Waals surface area contributed by atoms with Crippen LogP contribution >= 0.6 is 11.8 Å². The molecule has 1 aromatic carbocycles. The van der Waals surface area contributed by atoms with Gasteiger partial charge in [-0.1, -0.05) is 68.2 Å². The van der Waals surface area contributed by atoms with Gasteiger partial charge in [0.2, 0.25) is 6.23 Å². The zero-order chi connectivity index (χ0) is 24.6. The third-order valence-electron chi connectivity index (χ3n) is 6.46. The summed E-state index contributed by atoms with van der Waals surface area (Å²) in [5.41, 5.74) is 2.74. The normalized spacial score (nSPS) is 17.2. The number of nitrogens with zero attached hydrogens (tertiary/aromatic N) is 4. The molecule has 0 spiro atoms. The monoisotopic (exact) mass is 498 g/mol. The lowest BCUT2D eigenvalue weighted by Crippen LogP contribution is -2.35. The van der Waals surface area contributed by atoms with Crippen LogP contribution in [0.3, 0.4) is 0 Å². The molecule has 35 heavy (non-hydrogen) atoms. The molecule has 1 aromatic heterocycles. The molecule has 0 fully saturated rings. The van der Waals surface area contributed by atoms with Gasteiger partial charge in [0.05, 0.1) is 6.54 Å². The Morgan fingerprint density at radius 2 is 1.97 bits per heavy atom. The van der Waals surface area contributed by atoms with Gasteiger partial charge in [0.15, 0.2) is 11.0 Å². The second-order valence-electron chi connectivity index (χ2n) is 9.12. The molecule has 188 valence electrons. The highest BCUT2D eigenvalue weighted by molar-refractivity contribution is 7.98. The molecule has 1 atom stereocenters. The number of unbranched alkanes of at least 4 members (excludes halogenated alkanes) is 3. The minimum absolute atomic E-state index is 0.0986. The maximum absolute atomic E-state index is 13.3. The summed E-state index contributed by atoms with van der Waals surface area (Å²) in [6, 6.07) is 6.47. The first-order chi connectivity index (χ1) is 17.1. The van der Waals surface area contributed by atoms with Gasteiger partial charge in [-0.15, -0.1) is 0 Å². The van der Waals surface area contributed by atoms with Crippen LogP contribution in [0.25, 0.3) is 0 Å². The first-order valence-corrected chi connectivity index (χ1v) is 13.8. The van der Waals surface area contributed by atoms with Gasteiger partial charge in [0.25, 0.3) is 5.56 Å². The number of rotatable bonds is 12. The average Bonchev–Trinajstić information content (AvgIpc) is 3.50. The maximum atomic E-state index is 13.3. The fourth-order valence-electron chi connectivity index (χ4n) is 4.49. The fourth-order valence-corrected chi connectivity index (χ4v) is 5.45. The minimum atomic E-state index is -0.254. The number of thioether (sulfide) groups is 1. The van der Waals surface area contributed by atoms with E-state index in [1.165, 1.54) is 23.9 Å². The van der Waals surface area contributed by atoms with Crippen molar-refractivity contribution in [2.24, 2.45) is 5.16 Å². The third-order valence-corrected chi connectivity index (χ3v) is 7.51. The second kappa shape index (κ2) is 12.4. The number of oxime groups is 1. The molecule has 1 aliphatic carbocycles. The van der Waals surface area contributed by atoms with Crippen molar-refractivity contribution in [3.05, 3.63) is 69.5 Å². The summed E-state index contributed by atoms with van der Waals surface area (Å²) >= 11 is 1.51. The first kappa shape index (κ1) is 25.5. The Kier molecular flexibility index (Phi) is 9.01. The van der Waals surface area contributed by atoms with E-state index in [4.69, 9.17) is 4.84 Å². The van der Waals surface area contributed by atoms with Crippen molar-refractivity contribution in [3.8, 4) is 0 Å². The maximum Gasteiger partial charge on any atom is 0.277 e. The molecule has 1 aliphatic heterocycles. The zero-order valence-corrected chi connectivity index (χ0v) is 21.5. The summed E-state index contributed by atoms with van der Waals surface area (Å²) in [6.07, 6.45) is 13.2. The molecule has 4 rings (SSSR count). The molecule has 6 nitrogen and oxygen atoms in total. The molecular weight excluding hydrogens is 463 g/mol. The van der Waals surface area contributed by atoms with Gasteiger partial charge < -0.3 is 9.40 Å². The van der Waals surface area contributed by atoms with Crippen molar-refractivity contribution in [1.82, 2.24) is 14.5 Å². The van der Waals surface area contributed by atoms with E-state index >= 15 is 0 Å². The van der Waals surface area contributed by atoms with Crippen LogP contribution in [0.15, 0.2) is 51.6 Å². The number of hydrogen-bond acceptors (Lipinski definition) is 6. The van der Waals surface area contributed by atoms with Gasteiger partial charge in [-0.25, -0.2) is 4.39 Å². The molecule has 0 saturated heterocycles. The summed E-state index contributed by atoms with van der Waals surface area (Å²) in [4.78, 5) is 25.2. The Morgan fingerprint density at radius 1 is 1.17 bits per heavy atom. The van der Waals surface area contributed by atoms with E-state index in [0.29, 0.717) is 17.5 Å². The van der Waals surface area contributed by atoms with E-state index in [9.17, 15) is 9.18 Å². The Labute approximate surface area is 211 Å². The van der Waals surface area contributed by atoms with Crippen LogP contribution in [-0.2, 0) is 30.0 Å². The lowest BCUT2D eigenvalue weighted by molar-refractivity contribution is 0.0201. The minimum Gasteiger partial charge on any atom is -0.368 e. The van der Waals surface area contributed by atoms with Gasteiger partial charge in [-0.05, 0) is 49.8 Å². The number of benzene rings is 1. The third kappa shape index (κ3) is 6.34. The highest BCUT2D eigenvalue weighted by Crippen LogP contribution is 2.28. The highest BCUT2D eigenvalue weighted by Gasteiger charge is 2.30. The Morgan fingerprint density at radius 3 is 2.74 bits per heavy atom. The lowest BCUT2D eigenvalue weighted by atomic mass is 10.2. The van der Waals surface area contributed by atoms with Gasteiger partial charge >= 0.3 is 0 Å². The number of allylic oxidation sites excluding steroid dienone is 1. The van der Waals surface area contributed by atoms with Crippen LogP contribution in [0.1, 0.15) is 75.6 Å². The lowest BCUT2D eigenvalue weighted by Gasteiger charge is -2.23. The summed E-state index contributed by atoms with van der Waals surface area (Å²) in [7, 11) is 0. The van der Waals surface area contributed by atoms with Crippen LogP contribution in [0.2, 0.25) is 0 Å². The Balaban J connectivity index is 1.59. The van der Waals surface area contributed by atoms with Crippen molar-refractivity contribution in [3.63, 3.8) is 0 Å².